The standard InChI is InChI=1S/C36H55N8O11P/c1-22(2)17-27(40-36(51)30-14-10-16-44(30)24(4)46)33(48)39-28(18-26-19-38-21-43(26)15-9-8-13-25-11-6-5-7-12-25)34(49)41-29(20-45)35(50)42-31(32(37)47)23(3)55-56(52,53)54/h5-7,11-12,19,21-23,27-31,45H,8-10,13-18,20H2,1-4H3,(H2,37,47)(H,39,48)(H,40,51)(H,41,49)(H,42,50)(H2,52,53,54). The molecule has 2 heterocycles. The average molecular weight is 807 g/mol. The minimum absolute atomic E-state index is 0.0826. The Kier molecular flexibility index (Phi) is 17.6. The number of hydrogen-bond acceptors (Lipinski definition) is 10. The van der Waals surface area contributed by atoms with E-state index in [4.69, 9.17) is 15.5 Å². The van der Waals surface area contributed by atoms with Crippen molar-refractivity contribution in [3.8, 4) is 0 Å². The van der Waals surface area contributed by atoms with Gasteiger partial charge in [-0.1, -0.05) is 44.2 Å². The van der Waals surface area contributed by atoms with Gasteiger partial charge in [0, 0.05) is 38.3 Å². The largest absolute Gasteiger partial charge is 0.469 e. The lowest BCUT2D eigenvalue weighted by Crippen LogP contribution is -2.61. The number of benzene rings is 1. The molecule has 2 aromatic rings. The summed E-state index contributed by atoms with van der Waals surface area (Å²) in [6.07, 6.45) is 5.09. The molecule has 19 nitrogen and oxygen atoms in total. The number of likely N-dealkylation sites (tertiary alicyclic amines) is 1. The van der Waals surface area contributed by atoms with E-state index in [1.165, 1.54) is 23.6 Å². The van der Waals surface area contributed by atoms with Crippen LogP contribution in [0.5, 0.6) is 0 Å². The molecule has 1 saturated heterocycles. The Morgan fingerprint density at radius 1 is 0.946 bits per heavy atom. The monoisotopic (exact) mass is 806 g/mol. The van der Waals surface area contributed by atoms with Gasteiger partial charge in [0.05, 0.1) is 19.0 Å². The SMILES string of the molecule is CC(=O)N1CCCC1C(=O)NC(CC(C)C)C(=O)NC(Cc1cncn1CCCCc1ccccc1)C(=O)NC(CO)C(=O)NC(C(N)=O)C(C)OP(=O)(O)O. The third-order valence-electron chi connectivity index (χ3n) is 9.29. The van der Waals surface area contributed by atoms with E-state index in [1.54, 1.807) is 6.33 Å². The van der Waals surface area contributed by atoms with E-state index in [0.29, 0.717) is 31.6 Å². The molecule has 9 N–H and O–H groups in total. The number of nitrogens with two attached hydrogens (primary N) is 1. The fourth-order valence-corrected chi connectivity index (χ4v) is 7.03. The van der Waals surface area contributed by atoms with Crippen molar-refractivity contribution in [2.75, 3.05) is 13.2 Å². The van der Waals surface area contributed by atoms with Gasteiger partial charge in [0.25, 0.3) is 0 Å². The number of phosphoric acid groups is 1. The van der Waals surface area contributed by atoms with E-state index < -0.39 is 80.3 Å². The van der Waals surface area contributed by atoms with Gasteiger partial charge in [0.2, 0.25) is 35.4 Å². The van der Waals surface area contributed by atoms with Crippen molar-refractivity contribution < 1.29 is 52.7 Å². The molecule has 0 saturated carbocycles. The van der Waals surface area contributed by atoms with Gasteiger partial charge in [0.1, 0.15) is 30.2 Å². The van der Waals surface area contributed by atoms with Crippen LogP contribution < -0.4 is 27.0 Å². The number of nitrogens with zero attached hydrogens (tertiary/aromatic N) is 3. The van der Waals surface area contributed by atoms with Crippen LogP contribution in [0.1, 0.15) is 71.1 Å². The molecule has 1 aromatic heterocycles. The van der Waals surface area contributed by atoms with Crippen molar-refractivity contribution in [3.63, 3.8) is 0 Å². The molecule has 0 spiro atoms. The molecule has 3 rings (SSSR count). The smallest absolute Gasteiger partial charge is 0.394 e. The Balaban J connectivity index is 1.84. The van der Waals surface area contributed by atoms with Crippen LogP contribution in [0, 0.1) is 5.92 Å². The first-order chi connectivity index (χ1) is 26.4. The Hall–Kier alpha value is -4.68. The van der Waals surface area contributed by atoms with Gasteiger partial charge in [-0.15, -0.1) is 0 Å². The summed E-state index contributed by atoms with van der Waals surface area (Å²) in [5, 5.41) is 20.1. The fraction of sp³-hybridized carbons (Fsp3) is 0.583. The molecule has 6 atom stereocenters. The molecule has 0 aliphatic carbocycles. The van der Waals surface area contributed by atoms with E-state index in [1.807, 2.05) is 48.7 Å². The van der Waals surface area contributed by atoms with Crippen molar-refractivity contribution in [1.29, 1.82) is 0 Å². The first-order valence-electron chi connectivity index (χ1n) is 18.6. The van der Waals surface area contributed by atoms with Crippen molar-refractivity contribution in [2.24, 2.45) is 11.7 Å². The molecule has 6 amide bonds. The fourth-order valence-electron chi connectivity index (χ4n) is 6.47. The number of aliphatic hydroxyl groups is 1. The van der Waals surface area contributed by atoms with E-state index in [-0.39, 0.29) is 24.7 Å². The van der Waals surface area contributed by atoms with Gasteiger partial charge in [0.15, 0.2) is 0 Å². The van der Waals surface area contributed by atoms with Gasteiger partial charge in [-0.25, -0.2) is 9.55 Å². The van der Waals surface area contributed by atoms with Crippen LogP contribution in [0.15, 0.2) is 42.9 Å². The summed E-state index contributed by atoms with van der Waals surface area (Å²) in [4.78, 5) is 103. The number of aryl methyl sites for hydroxylation is 2. The number of carbonyl (C=O) groups excluding carboxylic acids is 6. The summed E-state index contributed by atoms with van der Waals surface area (Å²) >= 11 is 0. The Morgan fingerprint density at radius 3 is 2.20 bits per heavy atom. The molecule has 20 heteroatoms. The molecule has 6 unspecified atom stereocenters. The Bertz CT molecular complexity index is 1700. The number of primary amides is 1. The van der Waals surface area contributed by atoms with Gasteiger partial charge in [-0.05, 0) is 56.9 Å². The maximum Gasteiger partial charge on any atom is 0.469 e. The zero-order valence-corrected chi connectivity index (χ0v) is 33.0. The molecule has 1 aliphatic rings. The highest BCUT2D eigenvalue weighted by atomic mass is 31.2. The summed E-state index contributed by atoms with van der Waals surface area (Å²) in [6, 6.07) is 3.22. The molecular weight excluding hydrogens is 751 g/mol. The number of rotatable bonds is 22. The summed E-state index contributed by atoms with van der Waals surface area (Å²) < 4.78 is 17.7. The summed E-state index contributed by atoms with van der Waals surface area (Å²) in [6.45, 7) is 6.10. The number of amides is 6. The Morgan fingerprint density at radius 2 is 1.59 bits per heavy atom. The number of aliphatic hydroxyl groups excluding tert-OH is 1. The number of phosphoric ester groups is 1. The number of nitrogens with one attached hydrogen (secondary N) is 4. The zero-order valence-electron chi connectivity index (χ0n) is 32.1. The van der Waals surface area contributed by atoms with Crippen LogP contribution in [-0.2, 0) is 57.2 Å². The quantitative estimate of drug-likeness (QED) is 0.0548. The molecule has 1 aliphatic heterocycles. The number of carbonyl (C=O) groups is 6. The molecule has 0 radical (unpaired) electrons. The number of aromatic nitrogens is 2. The van der Waals surface area contributed by atoms with Gasteiger partial charge < -0.3 is 51.4 Å². The highest BCUT2D eigenvalue weighted by Gasteiger charge is 2.37. The van der Waals surface area contributed by atoms with Crippen LogP contribution in [0.4, 0.5) is 0 Å². The highest BCUT2D eigenvalue weighted by Crippen LogP contribution is 2.38. The molecule has 0 bridgehead atoms. The number of hydrogen-bond donors (Lipinski definition) is 8. The van der Waals surface area contributed by atoms with Crippen LogP contribution in [0.3, 0.4) is 0 Å². The third kappa shape index (κ3) is 14.4. The van der Waals surface area contributed by atoms with Gasteiger partial charge >= 0.3 is 7.82 Å². The van der Waals surface area contributed by atoms with Gasteiger partial charge in [-0.2, -0.15) is 0 Å². The topological polar surface area (TPSA) is 285 Å². The minimum Gasteiger partial charge on any atom is -0.394 e. The first-order valence-corrected chi connectivity index (χ1v) is 20.1. The first kappa shape index (κ1) is 45.7. The van der Waals surface area contributed by atoms with Crippen LogP contribution in [0.25, 0.3) is 0 Å². The average Bonchev–Trinajstić information content (AvgIpc) is 3.80. The molecule has 56 heavy (non-hydrogen) atoms. The van der Waals surface area contributed by atoms with Crippen molar-refractivity contribution in [3.05, 3.63) is 54.1 Å². The highest BCUT2D eigenvalue weighted by molar-refractivity contribution is 7.46. The lowest BCUT2D eigenvalue weighted by Gasteiger charge is -2.28. The maximum atomic E-state index is 14.0. The Labute approximate surface area is 325 Å². The lowest BCUT2D eigenvalue weighted by atomic mass is 10.0. The summed E-state index contributed by atoms with van der Waals surface area (Å²) in [5.74, 6) is -4.85. The molecule has 1 fully saturated rings. The third-order valence-corrected chi connectivity index (χ3v) is 9.90. The molecule has 310 valence electrons. The normalized spacial score (nSPS) is 17.0. The van der Waals surface area contributed by atoms with Crippen molar-refractivity contribution in [2.45, 2.75) is 115 Å². The summed E-state index contributed by atoms with van der Waals surface area (Å²) in [7, 11) is -5.10. The van der Waals surface area contributed by atoms with Crippen LogP contribution in [0.2, 0.25) is 0 Å². The minimum atomic E-state index is -5.10. The second-order valence-corrected chi connectivity index (χ2v) is 15.5. The zero-order chi connectivity index (χ0) is 41.6. The second-order valence-electron chi connectivity index (χ2n) is 14.3. The lowest BCUT2D eigenvalue weighted by molar-refractivity contribution is -0.139. The summed E-state index contributed by atoms with van der Waals surface area (Å²) in [5.41, 5.74) is 7.08. The predicted octanol–water partition coefficient (Wildman–Crippen LogP) is -0.580. The second kappa shape index (κ2) is 21.6. The molecular formula is C36H55N8O11P. The van der Waals surface area contributed by atoms with Crippen molar-refractivity contribution >= 4 is 43.3 Å². The van der Waals surface area contributed by atoms with Crippen molar-refractivity contribution in [1.82, 2.24) is 35.7 Å². The van der Waals surface area contributed by atoms with E-state index >= 15 is 0 Å². The predicted molar refractivity (Wildman–Crippen MR) is 202 cm³/mol. The van der Waals surface area contributed by atoms with E-state index in [0.717, 1.165) is 26.2 Å². The molecule has 1 aromatic carbocycles. The van der Waals surface area contributed by atoms with Gasteiger partial charge in [-0.3, -0.25) is 33.3 Å². The number of imidazole rings is 1. The van der Waals surface area contributed by atoms with Crippen LogP contribution in [-0.4, -0.2) is 114 Å². The number of unbranched alkanes of at least 4 members (excludes halogenated alkanes) is 1. The van der Waals surface area contributed by atoms with Crippen LogP contribution >= 0.6 is 7.82 Å². The maximum absolute atomic E-state index is 14.0. The van der Waals surface area contributed by atoms with E-state index in [2.05, 4.69) is 30.8 Å². The van der Waals surface area contributed by atoms with E-state index in [9.17, 15) is 38.4 Å².